The third-order valence-corrected chi connectivity index (χ3v) is 5.74. The van der Waals surface area contributed by atoms with Crippen LogP contribution in [0, 0.1) is 0 Å². The fourth-order valence-electron chi connectivity index (χ4n) is 3.11. The number of sulfonamides is 1. The molecule has 0 radical (unpaired) electrons. The molecule has 4 rings (SSSR count). The van der Waals surface area contributed by atoms with Crippen LogP contribution in [0.1, 0.15) is 6.92 Å². The lowest BCUT2D eigenvalue weighted by molar-refractivity contribution is 0.343. The Morgan fingerprint density at radius 3 is 2.57 bits per heavy atom. The Kier molecular flexibility index (Phi) is 4.75. The SMILES string of the molecule is CCOc1ccc(S(=O)(=O)Nc2ccccc2-n2cccc2)c2cccnc12. The minimum atomic E-state index is -3.84. The topological polar surface area (TPSA) is 73.2 Å². The molecule has 2 aromatic carbocycles. The number of para-hydroxylation sites is 2. The van der Waals surface area contributed by atoms with Crippen LogP contribution in [-0.4, -0.2) is 24.6 Å². The third kappa shape index (κ3) is 3.32. The van der Waals surface area contributed by atoms with Gasteiger partial charge >= 0.3 is 0 Å². The lowest BCUT2D eigenvalue weighted by atomic mass is 10.2. The molecule has 142 valence electrons. The minimum absolute atomic E-state index is 0.154. The first-order valence-corrected chi connectivity index (χ1v) is 10.3. The van der Waals surface area contributed by atoms with E-state index in [0.717, 1.165) is 5.69 Å². The molecular formula is C21H19N3O3S. The summed E-state index contributed by atoms with van der Waals surface area (Å²) in [4.78, 5) is 4.47. The molecule has 4 aromatic rings. The molecule has 1 N–H and O–H groups in total. The van der Waals surface area contributed by atoms with Crippen LogP contribution < -0.4 is 9.46 Å². The van der Waals surface area contributed by atoms with Gasteiger partial charge in [0.25, 0.3) is 10.0 Å². The van der Waals surface area contributed by atoms with Crippen molar-refractivity contribution in [3.63, 3.8) is 0 Å². The van der Waals surface area contributed by atoms with Crippen molar-refractivity contribution in [2.24, 2.45) is 0 Å². The summed E-state index contributed by atoms with van der Waals surface area (Å²) in [7, 11) is -3.84. The Hall–Kier alpha value is -3.32. The fourth-order valence-corrected chi connectivity index (χ4v) is 4.38. The number of rotatable bonds is 6. The zero-order valence-corrected chi connectivity index (χ0v) is 16.1. The van der Waals surface area contributed by atoms with Gasteiger partial charge in [-0.2, -0.15) is 0 Å². The zero-order valence-electron chi connectivity index (χ0n) is 15.2. The zero-order chi connectivity index (χ0) is 19.6. The molecule has 0 amide bonds. The molecule has 2 aromatic heterocycles. The Bertz CT molecular complexity index is 1220. The van der Waals surface area contributed by atoms with Crippen molar-refractivity contribution in [1.29, 1.82) is 0 Å². The Balaban J connectivity index is 1.80. The van der Waals surface area contributed by atoms with Crippen molar-refractivity contribution in [1.82, 2.24) is 9.55 Å². The van der Waals surface area contributed by atoms with Gasteiger partial charge in [0.15, 0.2) is 0 Å². The first kappa shape index (κ1) is 18.1. The highest BCUT2D eigenvalue weighted by Crippen LogP contribution is 2.31. The third-order valence-electron chi connectivity index (χ3n) is 4.31. The van der Waals surface area contributed by atoms with E-state index in [1.54, 1.807) is 42.6 Å². The van der Waals surface area contributed by atoms with E-state index in [4.69, 9.17) is 4.74 Å². The summed E-state index contributed by atoms with van der Waals surface area (Å²) in [5.74, 6) is 0.560. The van der Waals surface area contributed by atoms with Crippen LogP contribution in [0.3, 0.4) is 0 Å². The standard InChI is InChI=1S/C21H19N3O3S/c1-2-27-19-11-12-20(16-8-7-13-22-21(16)19)28(25,26)23-17-9-3-4-10-18(17)24-14-5-6-15-24/h3-15,23H,2H2,1H3. The number of aromatic nitrogens is 2. The molecule has 0 spiro atoms. The van der Waals surface area contributed by atoms with Gasteiger partial charge in [-0.25, -0.2) is 8.42 Å². The first-order valence-electron chi connectivity index (χ1n) is 8.86. The molecular weight excluding hydrogens is 374 g/mol. The Morgan fingerprint density at radius 2 is 1.79 bits per heavy atom. The molecule has 0 fully saturated rings. The lowest BCUT2D eigenvalue weighted by Crippen LogP contribution is -2.15. The smallest absolute Gasteiger partial charge is 0.262 e. The molecule has 0 bridgehead atoms. The highest BCUT2D eigenvalue weighted by Gasteiger charge is 2.21. The van der Waals surface area contributed by atoms with E-state index in [0.29, 0.717) is 28.9 Å². The number of ether oxygens (including phenoxy) is 1. The molecule has 0 unspecified atom stereocenters. The molecule has 7 heteroatoms. The molecule has 0 aliphatic heterocycles. The van der Waals surface area contributed by atoms with E-state index in [9.17, 15) is 8.42 Å². The van der Waals surface area contributed by atoms with E-state index in [-0.39, 0.29) is 4.90 Å². The molecule has 6 nitrogen and oxygen atoms in total. The van der Waals surface area contributed by atoms with Gasteiger partial charge in [-0.05, 0) is 55.5 Å². The van der Waals surface area contributed by atoms with Crippen molar-refractivity contribution in [3.8, 4) is 11.4 Å². The largest absolute Gasteiger partial charge is 0.492 e. The van der Waals surface area contributed by atoms with Gasteiger partial charge in [0.2, 0.25) is 0 Å². The maximum absolute atomic E-state index is 13.2. The predicted molar refractivity (Wildman–Crippen MR) is 109 cm³/mol. The quantitative estimate of drug-likeness (QED) is 0.532. The van der Waals surface area contributed by atoms with E-state index >= 15 is 0 Å². The van der Waals surface area contributed by atoms with Crippen LogP contribution in [0.4, 0.5) is 5.69 Å². The summed E-state index contributed by atoms with van der Waals surface area (Å²) in [6.07, 6.45) is 5.35. The van der Waals surface area contributed by atoms with E-state index in [1.807, 2.05) is 48.1 Å². The summed E-state index contributed by atoms with van der Waals surface area (Å²) < 4.78 is 36.6. The van der Waals surface area contributed by atoms with E-state index in [2.05, 4.69) is 9.71 Å². The molecule has 0 atom stereocenters. The second-order valence-electron chi connectivity index (χ2n) is 6.11. The van der Waals surface area contributed by atoms with Gasteiger partial charge in [-0.15, -0.1) is 0 Å². The van der Waals surface area contributed by atoms with Crippen LogP contribution in [0.25, 0.3) is 16.6 Å². The van der Waals surface area contributed by atoms with Crippen molar-refractivity contribution in [3.05, 3.63) is 79.3 Å². The minimum Gasteiger partial charge on any atom is -0.492 e. The average molecular weight is 393 g/mol. The van der Waals surface area contributed by atoms with Crippen LogP contribution >= 0.6 is 0 Å². The highest BCUT2D eigenvalue weighted by atomic mass is 32.2. The molecule has 0 aliphatic rings. The Labute approximate surface area is 163 Å². The molecule has 0 aliphatic carbocycles. The summed E-state index contributed by atoms with van der Waals surface area (Å²) in [6.45, 7) is 2.35. The second kappa shape index (κ2) is 7.36. The van der Waals surface area contributed by atoms with Gasteiger partial charge in [-0.1, -0.05) is 12.1 Å². The number of benzene rings is 2. The number of hydrogen-bond donors (Lipinski definition) is 1. The number of nitrogens with zero attached hydrogens (tertiary/aromatic N) is 2. The maximum Gasteiger partial charge on any atom is 0.262 e. The second-order valence-corrected chi connectivity index (χ2v) is 7.76. The summed E-state index contributed by atoms with van der Waals surface area (Å²) >= 11 is 0. The predicted octanol–water partition coefficient (Wildman–Crippen LogP) is 4.23. The molecule has 28 heavy (non-hydrogen) atoms. The van der Waals surface area contributed by atoms with Crippen molar-refractivity contribution in [2.75, 3.05) is 11.3 Å². The molecule has 2 heterocycles. The van der Waals surface area contributed by atoms with Crippen LogP contribution in [0.15, 0.2) is 84.1 Å². The average Bonchev–Trinajstić information content (AvgIpc) is 3.23. The fraction of sp³-hybridized carbons (Fsp3) is 0.0952. The number of fused-ring (bicyclic) bond motifs is 1. The Morgan fingerprint density at radius 1 is 1.00 bits per heavy atom. The van der Waals surface area contributed by atoms with Crippen LogP contribution in [-0.2, 0) is 10.0 Å². The monoisotopic (exact) mass is 393 g/mol. The van der Waals surface area contributed by atoms with Crippen molar-refractivity contribution < 1.29 is 13.2 Å². The first-order chi connectivity index (χ1) is 13.6. The van der Waals surface area contributed by atoms with Gasteiger partial charge in [0.05, 0.1) is 22.9 Å². The maximum atomic E-state index is 13.2. The lowest BCUT2D eigenvalue weighted by Gasteiger charge is -2.15. The summed E-state index contributed by atoms with van der Waals surface area (Å²) in [5.41, 5.74) is 1.75. The van der Waals surface area contributed by atoms with Crippen molar-refractivity contribution >= 4 is 26.6 Å². The van der Waals surface area contributed by atoms with E-state index in [1.165, 1.54) is 0 Å². The molecule has 0 saturated heterocycles. The number of hydrogen-bond acceptors (Lipinski definition) is 4. The van der Waals surface area contributed by atoms with Gasteiger partial charge < -0.3 is 9.30 Å². The summed E-state index contributed by atoms with van der Waals surface area (Å²) in [5, 5.41) is 0.513. The number of anilines is 1. The highest BCUT2D eigenvalue weighted by molar-refractivity contribution is 7.93. The number of nitrogens with one attached hydrogen (secondary N) is 1. The van der Waals surface area contributed by atoms with Crippen LogP contribution in [0.2, 0.25) is 0 Å². The summed E-state index contributed by atoms with van der Waals surface area (Å²) in [6, 6.07) is 17.7. The van der Waals surface area contributed by atoms with Crippen LogP contribution in [0.5, 0.6) is 5.75 Å². The van der Waals surface area contributed by atoms with Crippen molar-refractivity contribution in [2.45, 2.75) is 11.8 Å². The van der Waals surface area contributed by atoms with E-state index < -0.39 is 10.0 Å². The van der Waals surface area contributed by atoms with Gasteiger partial charge in [0.1, 0.15) is 11.3 Å². The van der Waals surface area contributed by atoms with Gasteiger partial charge in [-0.3, -0.25) is 9.71 Å². The normalized spacial score (nSPS) is 11.5. The van der Waals surface area contributed by atoms with Gasteiger partial charge in [0, 0.05) is 24.0 Å². The molecule has 0 saturated carbocycles. The number of pyridine rings is 1.